The SMILES string of the molecule is Cc1ccc2c(c1)-c1c(cc(C)cc1-c1ccc(C)cc1-c1ccccc1CCC1CCCCN1C)CC(=O)O2. The molecule has 1 fully saturated rings. The summed E-state index contributed by atoms with van der Waals surface area (Å²) in [6.45, 7) is 7.60. The lowest BCUT2D eigenvalue weighted by Crippen LogP contribution is -2.36. The van der Waals surface area contributed by atoms with E-state index in [1.54, 1.807) is 0 Å². The number of hydrogen-bond acceptors (Lipinski definition) is 3. The van der Waals surface area contributed by atoms with Gasteiger partial charge in [0, 0.05) is 11.6 Å². The summed E-state index contributed by atoms with van der Waals surface area (Å²) in [5.41, 5.74) is 13.0. The summed E-state index contributed by atoms with van der Waals surface area (Å²) in [7, 11) is 2.28. The number of nitrogens with zero attached hydrogens (tertiary/aromatic N) is 1. The molecule has 0 spiro atoms. The van der Waals surface area contributed by atoms with E-state index in [1.807, 2.05) is 12.1 Å². The summed E-state index contributed by atoms with van der Waals surface area (Å²) >= 11 is 0. The highest BCUT2D eigenvalue weighted by Crippen LogP contribution is 2.46. The highest BCUT2D eigenvalue weighted by Gasteiger charge is 2.26. The molecule has 2 aliphatic heterocycles. The van der Waals surface area contributed by atoms with Crippen molar-refractivity contribution < 1.29 is 9.53 Å². The summed E-state index contributed by atoms with van der Waals surface area (Å²) in [5, 5.41) is 0. The van der Waals surface area contributed by atoms with Crippen molar-refractivity contribution in [2.75, 3.05) is 13.6 Å². The van der Waals surface area contributed by atoms with Crippen molar-refractivity contribution in [3.8, 4) is 39.1 Å². The topological polar surface area (TPSA) is 29.5 Å². The Morgan fingerprint density at radius 2 is 1.52 bits per heavy atom. The molecule has 3 nitrogen and oxygen atoms in total. The number of carbonyl (C=O) groups is 1. The summed E-state index contributed by atoms with van der Waals surface area (Å²) in [5.74, 6) is 0.438. The maximum absolute atomic E-state index is 12.8. The molecule has 0 aromatic heterocycles. The van der Waals surface area contributed by atoms with Gasteiger partial charge in [0.1, 0.15) is 5.75 Å². The molecule has 0 saturated carbocycles. The van der Waals surface area contributed by atoms with Crippen molar-refractivity contribution >= 4 is 5.97 Å². The van der Waals surface area contributed by atoms with Crippen LogP contribution in [0.3, 0.4) is 0 Å². The highest BCUT2D eigenvalue weighted by atomic mass is 16.5. The lowest BCUT2D eigenvalue weighted by Gasteiger charge is -2.32. The Labute approximate surface area is 238 Å². The third kappa shape index (κ3) is 5.23. The molecule has 40 heavy (non-hydrogen) atoms. The second kappa shape index (κ2) is 11.1. The first-order chi connectivity index (χ1) is 19.4. The van der Waals surface area contributed by atoms with Crippen LogP contribution in [-0.2, 0) is 17.6 Å². The van der Waals surface area contributed by atoms with E-state index in [0.29, 0.717) is 11.8 Å². The van der Waals surface area contributed by atoms with Crippen LogP contribution in [0, 0.1) is 20.8 Å². The van der Waals surface area contributed by atoms with Crippen molar-refractivity contribution in [1.29, 1.82) is 0 Å². The van der Waals surface area contributed by atoms with Crippen molar-refractivity contribution in [3.05, 3.63) is 101 Å². The fraction of sp³-hybridized carbons (Fsp3) is 0.324. The minimum atomic E-state index is -0.206. The maximum Gasteiger partial charge on any atom is 0.315 e. The van der Waals surface area contributed by atoms with Crippen LogP contribution in [0.15, 0.2) is 72.8 Å². The van der Waals surface area contributed by atoms with Gasteiger partial charge in [-0.05, 0) is 111 Å². The normalized spacial score (nSPS) is 17.1. The van der Waals surface area contributed by atoms with Crippen molar-refractivity contribution in [1.82, 2.24) is 4.90 Å². The Kier molecular flexibility index (Phi) is 7.33. The molecule has 4 aromatic rings. The van der Waals surface area contributed by atoms with E-state index in [-0.39, 0.29) is 12.4 Å². The molecule has 1 atom stereocenters. The first-order valence-corrected chi connectivity index (χ1v) is 14.7. The molecule has 0 radical (unpaired) electrons. The van der Waals surface area contributed by atoms with Crippen LogP contribution in [0.5, 0.6) is 5.75 Å². The molecular weight excluding hydrogens is 490 g/mol. The van der Waals surface area contributed by atoms with E-state index in [9.17, 15) is 4.79 Å². The Hall–Kier alpha value is -3.69. The third-order valence-electron chi connectivity index (χ3n) is 8.77. The predicted octanol–water partition coefficient (Wildman–Crippen LogP) is 8.49. The number of rotatable bonds is 5. The summed E-state index contributed by atoms with van der Waals surface area (Å²) in [6.07, 6.45) is 6.46. The van der Waals surface area contributed by atoms with Crippen LogP contribution in [0.1, 0.15) is 53.5 Å². The molecule has 0 amide bonds. The number of aryl methyl sites for hydroxylation is 4. The Morgan fingerprint density at radius 3 is 2.35 bits per heavy atom. The summed E-state index contributed by atoms with van der Waals surface area (Å²) in [4.78, 5) is 15.4. The van der Waals surface area contributed by atoms with E-state index < -0.39 is 0 Å². The van der Waals surface area contributed by atoms with Gasteiger partial charge in [-0.2, -0.15) is 0 Å². The van der Waals surface area contributed by atoms with E-state index in [1.165, 1.54) is 60.0 Å². The number of likely N-dealkylation sites (tertiary alicyclic amines) is 1. The number of esters is 1. The second-order valence-electron chi connectivity index (χ2n) is 11.9. The standard InChI is InChI=1S/C37H39NO2/c1-24-12-16-31(32(20-24)30-11-6-5-9-27(30)14-15-29-10-7-8-18-38(29)4)33-22-26(3)19-28-23-36(39)40-35-17-13-25(2)21-34(35)37(28)33/h5-6,9,11-13,16-17,19-22,29H,7-8,10,14-15,18,23H2,1-4H3. The fourth-order valence-electron chi connectivity index (χ4n) is 6.72. The third-order valence-corrected chi connectivity index (χ3v) is 8.77. The fourth-order valence-corrected chi connectivity index (χ4v) is 6.72. The quantitative estimate of drug-likeness (QED) is 0.192. The molecule has 0 N–H and O–H groups in total. The molecule has 6 rings (SSSR count). The van der Waals surface area contributed by atoms with Crippen LogP contribution in [0.2, 0.25) is 0 Å². The number of benzene rings is 4. The molecular formula is C37H39NO2. The molecule has 0 aliphatic carbocycles. The van der Waals surface area contributed by atoms with Gasteiger partial charge in [0.2, 0.25) is 0 Å². The van der Waals surface area contributed by atoms with Gasteiger partial charge in [-0.3, -0.25) is 4.79 Å². The zero-order chi connectivity index (χ0) is 27.8. The van der Waals surface area contributed by atoms with E-state index in [4.69, 9.17) is 4.74 Å². The minimum absolute atomic E-state index is 0.206. The smallest absolute Gasteiger partial charge is 0.315 e. The van der Waals surface area contributed by atoms with E-state index >= 15 is 0 Å². The molecule has 1 unspecified atom stereocenters. The van der Waals surface area contributed by atoms with Gasteiger partial charge < -0.3 is 9.64 Å². The molecule has 2 heterocycles. The van der Waals surface area contributed by atoms with Crippen LogP contribution in [-0.4, -0.2) is 30.5 Å². The molecule has 4 aromatic carbocycles. The number of piperidine rings is 1. The number of fused-ring (bicyclic) bond motifs is 3. The predicted molar refractivity (Wildman–Crippen MR) is 165 cm³/mol. The van der Waals surface area contributed by atoms with Crippen LogP contribution in [0.25, 0.3) is 33.4 Å². The maximum atomic E-state index is 12.8. The average molecular weight is 530 g/mol. The minimum Gasteiger partial charge on any atom is -0.426 e. The Balaban J connectivity index is 1.51. The van der Waals surface area contributed by atoms with E-state index in [2.05, 4.69) is 93.4 Å². The molecule has 204 valence electrons. The largest absolute Gasteiger partial charge is 0.426 e. The Bertz CT molecular complexity index is 1580. The van der Waals surface area contributed by atoms with E-state index in [0.717, 1.165) is 39.8 Å². The molecule has 2 aliphatic rings. The lowest BCUT2D eigenvalue weighted by molar-refractivity contribution is -0.133. The summed E-state index contributed by atoms with van der Waals surface area (Å²) < 4.78 is 5.83. The number of hydrogen-bond donors (Lipinski definition) is 0. The lowest BCUT2D eigenvalue weighted by atomic mass is 9.83. The van der Waals surface area contributed by atoms with Gasteiger partial charge in [-0.25, -0.2) is 0 Å². The van der Waals surface area contributed by atoms with Crippen molar-refractivity contribution in [3.63, 3.8) is 0 Å². The zero-order valence-electron chi connectivity index (χ0n) is 24.2. The summed E-state index contributed by atoms with van der Waals surface area (Å²) in [6, 6.07) is 27.0. The van der Waals surface area contributed by atoms with Gasteiger partial charge in [-0.15, -0.1) is 0 Å². The number of carbonyl (C=O) groups excluding carboxylic acids is 1. The van der Waals surface area contributed by atoms with Gasteiger partial charge in [-0.1, -0.05) is 83.8 Å². The average Bonchev–Trinajstić information content (AvgIpc) is 3.07. The molecule has 0 bridgehead atoms. The monoisotopic (exact) mass is 529 g/mol. The molecule has 1 saturated heterocycles. The first kappa shape index (κ1) is 26.5. The Morgan fingerprint density at radius 1 is 0.775 bits per heavy atom. The van der Waals surface area contributed by atoms with Gasteiger partial charge in [0.05, 0.1) is 6.42 Å². The van der Waals surface area contributed by atoms with Gasteiger partial charge in [0.25, 0.3) is 0 Å². The van der Waals surface area contributed by atoms with Gasteiger partial charge >= 0.3 is 5.97 Å². The van der Waals surface area contributed by atoms with Crippen LogP contribution in [0.4, 0.5) is 0 Å². The number of ether oxygens (including phenoxy) is 1. The molecule has 3 heteroatoms. The van der Waals surface area contributed by atoms with Crippen molar-refractivity contribution in [2.45, 2.75) is 65.3 Å². The van der Waals surface area contributed by atoms with Crippen molar-refractivity contribution in [2.24, 2.45) is 0 Å². The first-order valence-electron chi connectivity index (χ1n) is 14.7. The van der Waals surface area contributed by atoms with Crippen LogP contribution < -0.4 is 4.74 Å². The zero-order valence-corrected chi connectivity index (χ0v) is 24.2. The van der Waals surface area contributed by atoms with Crippen LogP contribution >= 0.6 is 0 Å². The highest BCUT2D eigenvalue weighted by molar-refractivity contribution is 5.98. The van der Waals surface area contributed by atoms with Gasteiger partial charge in [0.15, 0.2) is 0 Å². The second-order valence-corrected chi connectivity index (χ2v) is 11.9.